The van der Waals surface area contributed by atoms with Gasteiger partial charge in [-0.25, -0.2) is 0 Å². The van der Waals surface area contributed by atoms with Gasteiger partial charge in [-0.05, 0) is 38.1 Å². The molecule has 1 heterocycles. The molecule has 9 heteroatoms. The molecule has 29 heavy (non-hydrogen) atoms. The minimum atomic E-state index is -4.30. The lowest BCUT2D eigenvalue weighted by Gasteiger charge is -2.36. The molecule has 1 unspecified atom stereocenters. The Morgan fingerprint density at radius 2 is 1.97 bits per heavy atom. The van der Waals surface area contributed by atoms with Crippen LogP contribution in [0.15, 0.2) is 29.3 Å². The van der Waals surface area contributed by atoms with Crippen molar-refractivity contribution in [1.82, 2.24) is 15.5 Å². The maximum atomic E-state index is 12.9. The van der Waals surface area contributed by atoms with Crippen molar-refractivity contribution < 1.29 is 17.9 Å². The van der Waals surface area contributed by atoms with Gasteiger partial charge in [0.2, 0.25) is 0 Å². The second-order valence-corrected chi connectivity index (χ2v) is 7.23. The molecular formula is C20H32F3N5O. The fraction of sp³-hybridized carbons (Fsp3) is 0.650. The van der Waals surface area contributed by atoms with Gasteiger partial charge in [0.25, 0.3) is 0 Å². The third-order valence-electron chi connectivity index (χ3n) is 4.88. The zero-order valence-corrected chi connectivity index (χ0v) is 17.4. The highest BCUT2D eigenvalue weighted by atomic mass is 19.4. The first-order chi connectivity index (χ1) is 13.8. The number of hydrogen-bond acceptors (Lipinski definition) is 4. The van der Waals surface area contributed by atoms with Crippen LogP contribution in [0.5, 0.6) is 0 Å². The molecule has 1 saturated heterocycles. The predicted octanol–water partition coefficient (Wildman–Crippen LogP) is 2.42. The summed E-state index contributed by atoms with van der Waals surface area (Å²) >= 11 is 0. The van der Waals surface area contributed by atoms with Gasteiger partial charge in [0.15, 0.2) is 5.96 Å². The normalized spacial score (nSPS) is 17.3. The van der Waals surface area contributed by atoms with Gasteiger partial charge in [0.1, 0.15) is 0 Å². The largest absolute Gasteiger partial charge is 0.416 e. The quantitative estimate of drug-likeness (QED) is 0.388. The summed E-state index contributed by atoms with van der Waals surface area (Å²) in [7, 11) is 3.41. The number of methoxy groups -OCH3 is 1. The molecule has 1 aromatic carbocycles. The van der Waals surface area contributed by atoms with Gasteiger partial charge in [-0.15, -0.1) is 0 Å². The number of nitrogens with one attached hydrogen (secondary N) is 2. The molecule has 2 N–H and O–H groups in total. The number of ether oxygens (including phenoxy) is 1. The van der Waals surface area contributed by atoms with Crippen LogP contribution in [0.4, 0.5) is 18.9 Å². The summed E-state index contributed by atoms with van der Waals surface area (Å²) in [4.78, 5) is 8.56. The third-order valence-corrected chi connectivity index (χ3v) is 4.88. The molecule has 1 aliphatic rings. The molecule has 0 aliphatic carbocycles. The van der Waals surface area contributed by atoms with E-state index in [1.165, 1.54) is 12.1 Å². The van der Waals surface area contributed by atoms with Crippen molar-refractivity contribution in [2.75, 3.05) is 64.9 Å². The molecular weight excluding hydrogens is 383 g/mol. The average molecular weight is 416 g/mol. The number of piperazine rings is 1. The Labute approximate surface area is 171 Å². The molecule has 0 saturated carbocycles. The molecule has 1 aromatic rings. The van der Waals surface area contributed by atoms with E-state index in [0.29, 0.717) is 12.3 Å². The molecule has 0 bridgehead atoms. The van der Waals surface area contributed by atoms with Gasteiger partial charge < -0.3 is 20.3 Å². The highest BCUT2D eigenvalue weighted by molar-refractivity contribution is 5.79. The van der Waals surface area contributed by atoms with Crippen LogP contribution in [-0.2, 0) is 10.9 Å². The highest BCUT2D eigenvalue weighted by Gasteiger charge is 2.31. The van der Waals surface area contributed by atoms with Crippen molar-refractivity contribution in [1.29, 1.82) is 0 Å². The van der Waals surface area contributed by atoms with E-state index >= 15 is 0 Å². The summed E-state index contributed by atoms with van der Waals surface area (Å²) in [6.07, 6.45) is -3.34. The van der Waals surface area contributed by atoms with Crippen molar-refractivity contribution in [3.8, 4) is 0 Å². The Hall–Kier alpha value is -2.00. The van der Waals surface area contributed by atoms with E-state index in [4.69, 9.17) is 4.74 Å². The topological polar surface area (TPSA) is 52.1 Å². The van der Waals surface area contributed by atoms with Crippen molar-refractivity contribution >= 4 is 11.6 Å². The van der Waals surface area contributed by atoms with Crippen molar-refractivity contribution in [3.63, 3.8) is 0 Å². The first kappa shape index (κ1) is 23.3. The summed E-state index contributed by atoms with van der Waals surface area (Å²) in [6, 6.07) is 5.76. The smallest absolute Gasteiger partial charge is 0.383 e. The van der Waals surface area contributed by atoms with E-state index in [-0.39, 0.29) is 6.04 Å². The van der Waals surface area contributed by atoms with Crippen LogP contribution in [0.1, 0.15) is 18.9 Å². The lowest BCUT2D eigenvalue weighted by molar-refractivity contribution is -0.137. The Bertz CT molecular complexity index is 645. The zero-order valence-electron chi connectivity index (χ0n) is 17.4. The minimum Gasteiger partial charge on any atom is -0.383 e. The molecule has 0 aromatic heterocycles. The summed E-state index contributed by atoms with van der Waals surface area (Å²) in [6.45, 7) is 7.51. The number of rotatable bonds is 8. The molecule has 2 rings (SSSR count). The molecule has 1 fully saturated rings. The van der Waals surface area contributed by atoms with E-state index in [0.717, 1.165) is 57.7 Å². The monoisotopic (exact) mass is 415 g/mol. The number of benzene rings is 1. The van der Waals surface area contributed by atoms with Gasteiger partial charge in [0.05, 0.1) is 12.2 Å². The summed E-state index contributed by atoms with van der Waals surface area (Å²) in [5.74, 6) is 0.754. The maximum Gasteiger partial charge on any atom is 0.416 e. The Morgan fingerprint density at radius 1 is 1.24 bits per heavy atom. The van der Waals surface area contributed by atoms with Gasteiger partial charge >= 0.3 is 6.18 Å². The van der Waals surface area contributed by atoms with Gasteiger partial charge in [0, 0.05) is 58.6 Å². The molecule has 164 valence electrons. The van der Waals surface area contributed by atoms with Crippen molar-refractivity contribution in [2.24, 2.45) is 4.99 Å². The Morgan fingerprint density at radius 3 is 2.59 bits per heavy atom. The van der Waals surface area contributed by atoms with Crippen molar-refractivity contribution in [3.05, 3.63) is 29.8 Å². The second-order valence-electron chi connectivity index (χ2n) is 7.23. The van der Waals surface area contributed by atoms with Gasteiger partial charge in [-0.2, -0.15) is 13.2 Å². The van der Waals surface area contributed by atoms with E-state index < -0.39 is 11.7 Å². The fourth-order valence-electron chi connectivity index (χ4n) is 3.34. The third kappa shape index (κ3) is 7.74. The summed E-state index contributed by atoms with van der Waals surface area (Å²) < 4.78 is 43.8. The fourth-order valence-corrected chi connectivity index (χ4v) is 3.34. The number of aliphatic imine (C=N–C) groups is 1. The SMILES string of the molecule is CN=C(NCCCN1CCN(c2cccc(C(F)(F)F)c2)CC1)NC(C)COC. The van der Waals surface area contributed by atoms with Crippen LogP contribution >= 0.6 is 0 Å². The average Bonchev–Trinajstić information content (AvgIpc) is 2.70. The van der Waals surface area contributed by atoms with Crippen LogP contribution in [0.2, 0.25) is 0 Å². The number of guanidine groups is 1. The van der Waals surface area contributed by atoms with Crippen LogP contribution in [0.3, 0.4) is 0 Å². The first-order valence-corrected chi connectivity index (χ1v) is 9.94. The van der Waals surface area contributed by atoms with Gasteiger partial charge in [-0.3, -0.25) is 9.89 Å². The Kier molecular flexibility index (Phi) is 9.03. The second kappa shape index (κ2) is 11.3. The van der Waals surface area contributed by atoms with Crippen LogP contribution in [-0.4, -0.2) is 76.9 Å². The molecule has 0 spiro atoms. The first-order valence-electron chi connectivity index (χ1n) is 9.94. The number of anilines is 1. The zero-order chi connectivity index (χ0) is 21.3. The predicted molar refractivity (Wildman–Crippen MR) is 111 cm³/mol. The van der Waals surface area contributed by atoms with E-state index in [2.05, 4.69) is 20.5 Å². The van der Waals surface area contributed by atoms with E-state index in [1.54, 1.807) is 20.2 Å². The number of halogens is 3. The number of hydrogen-bond donors (Lipinski definition) is 2. The minimum absolute atomic E-state index is 0.176. The number of alkyl halides is 3. The van der Waals surface area contributed by atoms with E-state index in [1.807, 2.05) is 11.8 Å². The summed E-state index contributed by atoms with van der Waals surface area (Å²) in [5, 5.41) is 6.55. The molecule has 6 nitrogen and oxygen atoms in total. The van der Waals surface area contributed by atoms with Crippen LogP contribution in [0, 0.1) is 0 Å². The number of nitrogens with zero attached hydrogens (tertiary/aromatic N) is 3. The van der Waals surface area contributed by atoms with E-state index in [9.17, 15) is 13.2 Å². The molecule has 1 atom stereocenters. The standard InChI is InChI=1S/C20H32F3N5O/c1-16(15-29-3)26-19(24-2)25-8-5-9-27-10-12-28(13-11-27)18-7-4-6-17(14-18)20(21,22)23/h4,6-7,14,16H,5,8-13,15H2,1-3H3,(H2,24,25,26). The lowest BCUT2D eigenvalue weighted by Crippen LogP contribution is -2.47. The molecule has 0 radical (unpaired) electrons. The van der Waals surface area contributed by atoms with Crippen molar-refractivity contribution in [2.45, 2.75) is 25.6 Å². The summed E-state index contributed by atoms with van der Waals surface area (Å²) in [5.41, 5.74) is 0.0477. The molecule has 1 aliphatic heterocycles. The molecule has 0 amide bonds. The van der Waals surface area contributed by atoms with Crippen LogP contribution in [0.25, 0.3) is 0 Å². The lowest BCUT2D eigenvalue weighted by atomic mass is 10.1. The van der Waals surface area contributed by atoms with Gasteiger partial charge in [-0.1, -0.05) is 6.07 Å². The Balaban J connectivity index is 1.70. The maximum absolute atomic E-state index is 12.9. The van der Waals surface area contributed by atoms with Crippen LogP contribution < -0.4 is 15.5 Å². The highest BCUT2D eigenvalue weighted by Crippen LogP contribution is 2.31.